The summed E-state index contributed by atoms with van der Waals surface area (Å²) >= 11 is 0. The fraction of sp³-hybridized carbons (Fsp3) is 0.182. The molecule has 5 heteroatoms. The molecule has 0 spiro atoms. The molecule has 5 nitrogen and oxygen atoms in total. The van der Waals surface area contributed by atoms with Crippen molar-refractivity contribution in [1.29, 1.82) is 0 Å². The first-order valence-corrected chi connectivity index (χ1v) is 4.85. The van der Waals surface area contributed by atoms with Crippen LogP contribution in [0.25, 0.3) is 5.69 Å². The molecule has 0 aliphatic heterocycles. The molecule has 16 heavy (non-hydrogen) atoms. The minimum Gasteiger partial charge on any atom is -0.506 e. The van der Waals surface area contributed by atoms with Gasteiger partial charge in [-0.15, -0.1) is 0 Å². The number of aryl methyl sites for hydroxylation is 1. The highest BCUT2D eigenvalue weighted by Gasteiger charge is 2.12. The molecule has 1 heterocycles. The van der Waals surface area contributed by atoms with Crippen molar-refractivity contribution in [2.45, 2.75) is 13.5 Å². The molecular weight excluding hydrogens is 208 g/mol. The van der Waals surface area contributed by atoms with Crippen molar-refractivity contribution in [1.82, 2.24) is 9.78 Å². The fourth-order valence-corrected chi connectivity index (χ4v) is 1.59. The van der Waals surface area contributed by atoms with Gasteiger partial charge in [-0.05, 0) is 19.1 Å². The van der Waals surface area contributed by atoms with Crippen molar-refractivity contribution < 1.29 is 10.2 Å². The summed E-state index contributed by atoms with van der Waals surface area (Å²) in [5.41, 5.74) is 0.927. The molecule has 0 aliphatic rings. The molecule has 0 bridgehead atoms. The van der Waals surface area contributed by atoms with Gasteiger partial charge in [-0.2, -0.15) is 0 Å². The van der Waals surface area contributed by atoms with E-state index >= 15 is 0 Å². The first-order chi connectivity index (χ1) is 7.65. The third kappa shape index (κ3) is 1.51. The molecule has 2 aromatic rings. The molecule has 1 aromatic heterocycles. The number of nitrogens with one attached hydrogen (secondary N) is 1. The van der Waals surface area contributed by atoms with Crippen LogP contribution in [0.1, 0.15) is 11.3 Å². The van der Waals surface area contributed by atoms with Gasteiger partial charge in [-0.1, -0.05) is 12.1 Å². The van der Waals surface area contributed by atoms with Crippen LogP contribution < -0.4 is 5.56 Å². The number of H-pyrrole nitrogens is 1. The minimum absolute atomic E-state index is 0.00957. The number of nitrogens with zero attached hydrogens (tertiary/aromatic N) is 1. The molecule has 0 saturated heterocycles. The predicted octanol–water partition coefficient (Wildman–Crippen LogP) is 0.672. The number of phenolic OH excluding ortho intramolecular Hbond substituents is 1. The molecular formula is C11H12N2O3. The zero-order valence-electron chi connectivity index (χ0n) is 8.77. The SMILES string of the molecule is Cc1[nH]n(-c2ccccc2O)c(=O)c1CO. The Morgan fingerprint density at radius 2 is 2.06 bits per heavy atom. The fourth-order valence-electron chi connectivity index (χ4n) is 1.59. The lowest BCUT2D eigenvalue weighted by molar-refractivity contribution is 0.280. The van der Waals surface area contributed by atoms with Gasteiger partial charge in [0.1, 0.15) is 11.4 Å². The topological polar surface area (TPSA) is 78.2 Å². The van der Waals surface area contributed by atoms with E-state index in [1.165, 1.54) is 10.7 Å². The average Bonchev–Trinajstić information content (AvgIpc) is 2.55. The van der Waals surface area contributed by atoms with Gasteiger partial charge in [0, 0.05) is 5.69 Å². The van der Waals surface area contributed by atoms with Crippen LogP contribution in [0, 0.1) is 6.92 Å². The Bertz CT molecular complexity index is 569. The van der Waals surface area contributed by atoms with E-state index < -0.39 is 0 Å². The standard InChI is InChI=1S/C11H12N2O3/c1-7-8(6-14)11(16)13(12-7)9-4-2-3-5-10(9)15/h2-5,12,14-15H,6H2,1H3. The van der Waals surface area contributed by atoms with Gasteiger partial charge in [0.2, 0.25) is 0 Å². The first-order valence-electron chi connectivity index (χ1n) is 4.85. The molecule has 0 aliphatic carbocycles. The Hall–Kier alpha value is -2.01. The number of aromatic hydroxyl groups is 1. The summed E-state index contributed by atoms with van der Waals surface area (Å²) in [7, 11) is 0. The van der Waals surface area contributed by atoms with Crippen LogP contribution in [-0.2, 0) is 6.61 Å². The van der Waals surface area contributed by atoms with Crippen molar-refractivity contribution >= 4 is 0 Å². The van der Waals surface area contributed by atoms with E-state index in [0.717, 1.165) is 0 Å². The maximum Gasteiger partial charge on any atom is 0.277 e. The normalized spacial score (nSPS) is 10.6. The number of hydrogen-bond acceptors (Lipinski definition) is 3. The number of phenols is 1. The molecule has 0 atom stereocenters. The summed E-state index contributed by atoms with van der Waals surface area (Å²) in [4.78, 5) is 11.8. The maximum atomic E-state index is 11.8. The Labute approximate surface area is 91.6 Å². The van der Waals surface area contributed by atoms with Gasteiger partial charge in [0.15, 0.2) is 0 Å². The summed E-state index contributed by atoms with van der Waals surface area (Å²) in [6, 6.07) is 6.51. The van der Waals surface area contributed by atoms with E-state index in [-0.39, 0.29) is 17.9 Å². The minimum atomic E-state index is -0.346. The second-order valence-electron chi connectivity index (χ2n) is 3.50. The van der Waals surface area contributed by atoms with Crippen molar-refractivity contribution in [3.8, 4) is 11.4 Å². The number of aliphatic hydroxyl groups is 1. The van der Waals surface area contributed by atoms with E-state index in [0.29, 0.717) is 16.9 Å². The van der Waals surface area contributed by atoms with Crippen LogP contribution in [0.2, 0.25) is 0 Å². The van der Waals surface area contributed by atoms with E-state index in [1.807, 2.05) is 0 Å². The Kier molecular flexibility index (Phi) is 2.54. The van der Waals surface area contributed by atoms with Crippen LogP contribution in [0.4, 0.5) is 0 Å². The Balaban J connectivity index is 2.67. The number of hydrogen-bond donors (Lipinski definition) is 3. The zero-order chi connectivity index (χ0) is 11.7. The highest BCUT2D eigenvalue weighted by atomic mass is 16.3. The van der Waals surface area contributed by atoms with E-state index in [4.69, 9.17) is 5.11 Å². The summed E-state index contributed by atoms with van der Waals surface area (Å²) in [6.45, 7) is 1.38. The van der Waals surface area contributed by atoms with Crippen molar-refractivity contribution in [2.75, 3.05) is 0 Å². The number of aliphatic hydroxyl groups excluding tert-OH is 1. The monoisotopic (exact) mass is 220 g/mol. The van der Waals surface area contributed by atoms with Gasteiger partial charge in [-0.25, -0.2) is 4.68 Å². The quantitative estimate of drug-likeness (QED) is 0.696. The van der Waals surface area contributed by atoms with Crippen LogP contribution in [0.5, 0.6) is 5.75 Å². The molecule has 3 N–H and O–H groups in total. The summed E-state index contributed by atoms with van der Waals surface area (Å²) < 4.78 is 1.22. The zero-order valence-corrected chi connectivity index (χ0v) is 8.77. The lowest BCUT2D eigenvalue weighted by atomic mass is 10.3. The summed E-state index contributed by atoms with van der Waals surface area (Å²) in [5, 5.41) is 21.5. The molecule has 0 saturated carbocycles. The number of benzene rings is 1. The lowest BCUT2D eigenvalue weighted by Gasteiger charge is -2.03. The largest absolute Gasteiger partial charge is 0.506 e. The predicted molar refractivity (Wildman–Crippen MR) is 58.7 cm³/mol. The Morgan fingerprint density at radius 3 is 2.62 bits per heavy atom. The number of para-hydroxylation sites is 2. The van der Waals surface area contributed by atoms with Crippen LogP contribution in [0.3, 0.4) is 0 Å². The average molecular weight is 220 g/mol. The van der Waals surface area contributed by atoms with Crippen molar-refractivity contribution in [3.63, 3.8) is 0 Å². The number of aromatic amines is 1. The van der Waals surface area contributed by atoms with Crippen molar-refractivity contribution in [3.05, 3.63) is 45.9 Å². The third-order valence-corrected chi connectivity index (χ3v) is 2.47. The van der Waals surface area contributed by atoms with Crippen LogP contribution in [-0.4, -0.2) is 20.0 Å². The molecule has 0 radical (unpaired) electrons. The van der Waals surface area contributed by atoms with Gasteiger partial charge in [0.05, 0.1) is 12.2 Å². The van der Waals surface area contributed by atoms with E-state index in [2.05, 4.69) is 5.10 Å². The van der Waals surface area contributed by atoms with E-state index in [1.54, 1.807) is 25.1 Å². The van der Waals surface area contributed by atoms with Crippen LogP contribution >= 0.6 is 0 Å². The molecule has 2 rings (SSSR count). The summed E-state index contributed by atoms with van der Waals surface area (Å²) in [5.74, 6) is 0.00957. The highest BCUT2D eigenvalue weighted by molar-refractivity contribution is 5.45. The Morgan fingerprint density at radius 1 is 1.38 bits per heavy atom. The van der Waals surface area contributed by atoms with Crippen molar-refractivity contribution in [2.24, 2.45) is 0 Å². The van der Waals surface area contributed by atoms with E-state index in [9.17, 15) is 9.90 Å². The number of aromatic nitrogens is 2. The van der Waals surface area contributed by atoms with Gasteiger partial charge >= 0.3 is 0 Å². The second kappa shape index (κ2) is 3.86. The number of rotatable bonds is 2. The molecule has 84 valence electrons. The van der Waals surface area contributed by atoms with Gasteiger partial charge in [0.25, 0.3) is 5.56 Å². The molecule has 0 fully saturated rings. The third-order valence-electron chi connectivity index (χ3n) is 2.47. The first kappa shape index (κ1) is 10.5. The molecule has 1 aromatic carbocycles. The maximum absolute atomic E-state index is 11.8. The van der Waals surface area contributed by atoms with Crippen LogP contribution in [0.15, 0.2) is 29.1 Å². The summed E-state index contributed by atoms with van der Waals surface area (Å²) in [6.07, 6.45) is 0. The second-order valence-corrected chi connectivity index (χ2v) is 3.50. The lowest BCUT2D eigenvalue weighted by Crippen LogP contribution is -2.17. The van der Waals surface area contributed by atoms with Gasteiger partial charge < -0.3 is 10.2 Å². The smallest absolute Gasteiger partial charge is 0.277 e. The highest BCUT2D eigenvalue weighted by Crippen LogP contribution is 2.18. The molecule has 0 unspecified atom stereocenters. The van der Waals surface area contributed by atoms with Gasteiger partial charge in [-0.3, -0.25) is 9.89 Å². The molecule has 0 amide bonds.